The number of fused-ring (bicyclic) bond motifs is 1. The fourth-order valence-electron chi connectivity index (χ4n) is 3.55. The second kappa shape index (κ2) is 9.81. The van der Waals surface area contributed by atoms with Crippen LogP contribution in [0.25, 0.3) is 11.4 Å². The summed E-state index contributed by atoms with van der Waals surface area (Å²) in [6.45, 7) is 4.97. The summed E-state index contributed by atoms with van der Waals surface area (Å²) in [6, 6.07) is 7.45. The molecule has 1 amide bonds. The van der Waals surface area contributed by atoms with Gasteiger partial charge in [-0.3, -0.25) is 9.36 Å². The number of benzene rings is 1. The number of thiophene rings is 1. The van der Waals surface area contributed by atoms with E-state index in [4.69, 9.17) is 11.6 Å². The first-order valence-corrected chi connectivity index (χ1v) is 12.2. The van der Waals surface area contributed by atoms with Crippen LogP contribution in [0.5, 0.6) is 0 Å². The zero-order chi connectivity index (χ0) is 20.9. The molecule has 0 aliphatic heterocycles. The summed E-state index contributed by atoms with van der Waals surface area (Å²) in [5, 5.41) is 15.4. The van der Waals surface area contributed by atoms with Gasteiger partial charge in [-0.05, 0) is 48.9 Å². The normalized spacial score (nSPS) is 13.1. The lowest BCUT2D eigenvalue weighted by atomic mass is 9.95. The molecule has 4 rings (SSSR count). The van der Waals surface area contributed by atoms with Crippen LogP contribution in [-0.4, -0.2) is 26.4 Å². The first-order chi connectivity index (χ1) is 14.7. The Bertz CT molecular complexity index is 1040. The molecule has 0 atom stereocenters. The molecule has 0 saturated carbocycles. The topological polar surface area (TPSA) is 59.8 Å². The zero-order valence-corrected chi connectivity index (χ0v) is 19.0. The second-order valence-electron chi connectivity index (χ2n) is 7.16. The van der Waals surface area contributed by atoms with Crippen LogP contribution in [-0.2, 0) is 30.7 Å². The number of rotatable bonds is 8. The van der Waals surface area contributed by atoms with Crippen LogP contribution in [0.15, 0.2) is 47.5 Å². The van der Waals surface area contributed by atoms with E-state index in [1.807, 2.05) is 41.7 Å². The highest BCUT2D eigenvalue weighted by atomic mass is 35.5. The van der Waals surface area contributed by atoms with E-state index in [1.165, 1.54) is 40.6 Å². The molecule has 2 aromatic heterocycles. The molecule has 1 aromatic carbocycles. The maximum absolute atomic E-state index is 12.3. The minimum atomic E-state index is -0.0439. The molecule has 30 heavy (non-hydrogen) atoms. The Kier molecular flexibility index (Phi) is 6.92. The monoisotopic (exact) mass is 458 g/mol. The van der Waals surface area contributed by atoms with Crippen LogP contribution >= 0.6 is 34.7 Å². The molecule has 0 radical (unpaired) electrons. The van der Waals surface area contributed by atoms with Crippen LogP contribution < -0.4 is 5.32 Å². The Hall–Kier alpha value is -2.09. The molecule has 1 N–H and O–H groups in total. The molecule has 0 bridgehead atoms. The van der Waals surface area contributed by atoms with Crippen LogP contribution in [0.2, 0.25) is 5.02 Å². The molecular formula is C22H23ClN4OS2. The van der Waals surface area contributed by atoms with Gasteiger partial charge in [-0.25, -0.2) is 0 Å². The van der Waals surface area contributed by atoms with Crippen molar-refractivity contribution in [1.82, 2.24) is 20.1 Å². The van der Waals surface area contributed by atoms with Crippen molar-refractivity contribution in [1.29, 1.82) is 0 Å². The number of nitrogens with one attached hydrogen (secondary N) is 1. The summed E-state index contributed by atoms with van der Waals surface area (Å²) in [4.78, 5) is 13.8. The number of hydrogen-bond acceptors (Lipinski definition) is 5. The molecule has 3 aromatic rings. The van der Waals surface area contributed by atoms with E-state index >= 15 is 0 Å². The molecule has 0 saturated heterocycles. The summed E-state index contributed by atoms with van der Waals surface area (Å²) in [6.07, 6.45) is 6.59. The van der Waals surface area contributed by atoms with Gasteiger partial charge in [-0.1, -0.05) is 41.6 Å². The van der Waals surface area contributed by atoms with E-state index in [-0.39, 0.29) is 11.7 Å². The van der Waals surface area contributed by atoms with Gasteiger partial charge in [-0.15, -0.1) is 28.1 Å². The molecular weight excluding hydrogens is 436 g/mol. The molecule has 2 heterocycles. The van der Waals surface area contributed by atoms with Crippen molar-refractivity contribution in [2.24, 2.45) is 0 Å². The van der Waals surface area contributed by atoms with Crippen molar-refractivity contribution in [2.75, 3.05) is 5.75 Å². The van der Waals surface area contributed by atoms with Gasteiger partial charge in [0.25, 0.3) is 0 Å². The summed E-state index contributed by atoms with van der Waals surface area (Å²) in [5.74, 6) is 1.11. The van der Waals surface area contributed by atoms with Gasteiger partial charge >= 0.3 is 0 Å². The maximum Gasteiger partial charge on any atom is 0.230 e. The van der Waals surface area contributed by atoms with Gasteiger partial charge < -0.3 is 5.32 Å². The van der Waals surface area contributed by atoms with Gasteiger partial charge in [0.1, 0.15) is 0 Å². The minimum Gasteiger partial charge on any atom is -0.351 e. The minimum absolute atomic E-state index is 0.0439. The van der Waals surface area contributed by atoms with Crippen molar-refractivity contribution in [2.45, 2.75) is 43.9 Å². The van der Waals surface area contributed by atoms with Gasteiger partial charge in [0.05, 0.1) is 5.75 Å². The highest BCUT2D eigenvalue weighted by Gasteiger charge is 2.22. The summed E-state index contributed by atoms with van der Waals surface area (Å²) < 4.78 is 2.06. The number of halogens is 1. The number of thioether (sulfide) groups is 1. The van der Waals surface area contributed by atoms with E-state index in [2.05, 4.69) is 32.0 Å². The molecule has 1 aliphatic carbocycles. The molecule has 5 nitrogen and oxygen atoms in total. The van der Waals surface area contributed by atoms with Crippen LogP contribution in [0.1, 0.15) is 28.8 Å². The van der Waals surface area contributed by atoms with Crippen LogP contribution in [0, 0.1) is 0 Å². The summed E-state index contributed by atoms with van der Waals surface area (Å²) >= 11 is 9.12. The highest BCUT2D eigenvalue weighted by molar-refractivity contribution is 7.99. The Balaban J connectivity index is 1.43. The largest absolute Gasteiger partial charge is 0.351 e. The fraction of sp³-hybridized carbons (Fsp3) is 0.318. The third-order valence-electron chi connectivity index (χ3n) is 5.07. The van der Waals surface area contributed by atoms with Gasteiger partial charge in [0, 0.05) is 33.9 Å². The second-order valence-corrected chi connectivity index (χ2v) is 9.50. The van der Waals surface area contributed by atoms with Crippen LogP contribution in [0.3, 0.4) is 0 Å². The number of hydrogen-bond donors (Lipinski definition) is 1. The van der Waals surface area contributed by atoms with Crippen molar-refractivity contribution in [3.05, 3.63) is 63.3 Å². The SMILES string of the molecule is C=CCn1c(SCC(=O)NCc2ccc(Cl)cc2)nnc1-c1csc2c1CCCC2. The number of allylic oxidation sites excluding steroid dienone is 1. The standard InChI is InChI=1S/C22H23ClN4OS2/c1-2-11-27-21(18-13-29-19-6-4-3-5-17(18)19)25-26-22(27)30-14-20(28)24-12-15-7-9-16(23)10-8-15/h2,7-10,13H,1,3-6,11-12,14H2,(H,24,28). The Morgan fingerprint density at radius 2 is 2.07 bits per heavy atom. The molecule has 0 fully saturated rings. The predicted octanol–water partition coefficient (Wildman–Crippen LogP) is 5.13. The van der Waals surface area contributed by atoms with Gasteiger partial charge in [0.2, 0.25) is 5.91 Å². The van der Waals surface area contributed by atoms with E-state index < -0.39 is 0 Å². The number of amides is 1. The van der Waals surface area contributed by atoms with Gasteiger partial charge in [-0.2, -0.15) is 0 Å². The zero-order valence-electron chi connectivity index (χ0n) is 16.6. The number of carbonyl (C=O) groups is 1. The lowest BCUT2D eigenvalue weighted by molar-refractivity contribution is -0.118. The first kappa shape index (κ1) is 21.2. The smallest absolute Gasteiger partial charge is 0.230 e. The van der Waals surface area contributed by atoms with Crippen LogP contribution in [0.4, 0.5) is 0 Å². The number of aromatic nitrogens is 3. The highest BCUT2D eigenvalue weighted by Crippen LogP contribution is 2.36. The fourth-order valence-corrected chi connectivity index (χ4v) is 5.58. The third-order valence-corrected chi connectivity index (χ3v) is 7.37. The lowest BCUT2D eigenvalue weighted by Gasteiger charge is -2.13. The Labute approximate surface area is 189 Å². The average Bonchev–Trinajstić information content (AvgIpc) is 3.36. The third kappa shape index (κ3) is 4.79. The van der Waals surface area contributed by atoms with Gasteiger partial charge in [0.15, 0.2) is 11.0 Å². The molecule has 0 unspecified atom stereocenters. The number of carbonyl (C=O) groups excluding carboxylic acids is 1. The van der Waals surface area contributed by atoms with Crippen molar-refractivity contribution in [3.8, 4) is 11.4 Å². The average molecular weight is 459 g/mol. The van der Waals surface area contributed by atoms with Crippen molar-refractivity contribution >= 4 is 40.6 Å². The van der Waals surface area contributed by atoms with E-state index in [9.17, 15) is 4.79 Å². The number of nitrogens with zero attached hydrogens (tertiary/aromatic N) is 3. The molecule has 8 heteroatoms. The van der Waals surface area contributed by atoms with E-state index in [0.29, 0.717) is 18.1 Å². The van der Waals surface area contributed by atoms with Crippen molar-refractivity contribution < 1.29 is 4.79 Å². The predicted molar refractivity (Wildman–Crippen MR) is 124 cm³/mol. The van der Waals surface area contributed by atoms with Crippen molar-refractivity contribution in [3.63, 3.8) is 0 Å². The number of aryl methyl sites for hydroxylation is 1. The van der Waals surface area contributed by atoms with E-state index in [1.54, 1.807) is 0 Å². The van der Waals surface area contributed by atoms with E-state index in [0.717, 1.165) is 29.4 Å². The summed E-state index contributed by atoms with van der Waals surface area (Å²) in [7, 11) is 0. The maximum atomic E-state index is 12.3. The Morgan fingerprint density at radius 3 is 2.87 bits per heavy atom. The molecule has 156 valence electrons. The molecule has 0 spiro atoms. The molecule has 1 aliphatic rings. The first-order valence-electron chi connectivity index (χ1n) is 9.93. The quantitative estimate of drug-likeness (QED) is 0.375. The lowest BCUT2D eigenvalue weighted by Crippen LogP contribution is -2.24. The Morgan fingerprint density at radius 1 is 1.27 bits per heavy atom. The summed E-state index contributed by atoms with van der Waals surface area (Å²) in [5.41, 5.74) is 3.61.